The molecule has 1 N–H and O–H groups in total. The highest BCUT2D eigenvalue weighted by atomic mass is 32.2. The summed E-state index contributed by atoms with van der Waals surface area (Å²) in [6.07, 6.45) is -0.0625. The normalized spacial score (nSPS) is 12.5. The number of esters is 1. The molecule has 35 heavy (non-hydrogen) atoms. The quantitative estimate of drug-likeness (QED) is 0.268. The first-order valence-electron chi connectivity index (χ1n) is 11.2. The van der Waals surface area contributed by atoms with Crippen molar-refractivity contribution < 1.29 is 22.4 Å². The van der Waals surface area contributed by atoms with Crippen LogP contribution in [-0.4, -0.2) is 52.6 Å². The number of benzene rings is 2. The van der Waals surface area contributed by atoms with Crippen molar-refractivity contribution in [1.82, 2.24) is 4.72 Å². The van der Waals surface area contributed by atoms with Crippen LogP contribution in [0.1, 0.15) is 28.0 Å². The third-order valence-electron chi connectivity index (χ3n) is 4.94. The van der Waals surface area contributed by atoms with Gasteiger partial charge in [0.25, 0.3) is 10.0 Å². The lowest BCUT2D eigenvalue weighted by atomic mass is 10.1. The summed E-state index contributed by atoms with van der Waals surface area (Å²) in [5.41, 5.74) is 2.86. The molecule has 0 saturated heterocycles. The van der Waals surface area contributed by atoms with E-state index in [1.165, 1.54) is 0 Å². The number of thiophene rings is 1. The number of quaternary nitrogens is 1. The average Bonchev–Trinajstić information content (AvgIpc) is 3.26. The van der Waals surface area contributed by atoms with E-state index in [1.54, 1.807) is 12.1 Å². The van der Waals surface area contributed by atoms with E-state index in [1.807, 2.05) is 82.7 Å². The van der Waals surface area contributed by atoms with Crippen molar-refractivity contribution in [2.75, 3.05) is 27.7 Å². The molecule has 0 saturated carbocycles. The third kappa shape index (κ3) is 8.96. The molecule has 0 fully saturated rings. The first kappa shape index (κ1) is 26.6. The van der Waals surface area contributed by atoms with Crippen LogP contribution < -0.4 is 4.72 Å². The van der Waals surface area contributed by atoms with Crippen LogP contribution in [0.5, 0.6) is 0 Å². The number of nitrogens with zero attached hydrogens (tertiary/aromatic N) is 1. The lowest BCUT2D eigenvalue weighted by molar-refractivity contribution is -0.871. The van der Waals surface area contributed by atoms with Gasteiger partial charge in [-0.3, -0.25) is 4.79 Å². The molecule has 3 aromatic rings. The topological polar surface area (TPSA) is 72.5 Å². The Bertz CT molecular complexity index is 1310. The van der Waals surface area contributed by atoms with Crippen LogP contribution in [0, 0.1) is 18.8 Å². The fourth-order valence-corrected chi connectivity index (χ4v) is 5.87. The summed E-state index contributed by atoms with van der Waals surface area (Å²) >= 11 is 1.10. The predicted molar refractivity (Wildman–Crippen MR) is 139 cm³/mol. The lowest BCUT2D eigenvalue weighted by Gasteiger charge is -2.29. The second-order valence-corrected chi connectivity index (χ2v) is 12.4. The molecule has 6 nitrogen and oxygen atoms in total. The zero-order valence-corrected chi connectivity index (χ0v) is 22.1. The highest BCUT2D eigenvalue weighted by Crippen LogP contribution is 2.22. The number of carbonyl (C=O) groups excluding carboxylic acids is 1. The Labute approximate surface area is 212 Å². The van der Waals surface area contributed by atoms with Gasteiger partial charge in [-0.15, -0.1) is 11.3 Å². The Kier molecular flexibility index (Phi) is 8.87. The van der Waals surface area contributed by atoms with E-state index in [4.69, 9.17) is 4.74 Å². The molecule has 0 spiro atoms. The number of carbonyl (C=O) groups is 1. The van der Waals surface area contributed by atoms with Gasteiger partial charge in [0.1, 0.15) is 10.8 Å². The Morgan fingerprint density at radius 3 is 2.46 bits per heavy atom. The SMILES string of the molecule is Cc1cccc(C#Cc2ccc(S(=O)(=O)N[C@H](CC(=O)OCc3ccccc3)C[N+](C)(C)C)s2)c1. The summed E-state index contributed by atoms with van der Waals surface area (Å²) in [7, 11) is 2.01. The maximum atomic E-state index is 13.1. The molecule has 2 aromatic carbocycles. The molecule has 0 radical (unpaired) electrons. The number of rotatable bonds is 9. The molecular weight excluding hydrogens is 480 g/mol. The number of nitrogens with one attached hydrogen (secondary N) is 1. The number of hydrogen-bond acceptors (Lipinski definition) is 5. The van der Waals surface area contributed by atoms with E-state index in [2.05, 4.69) is 16.6 Å². The smallest absolute Gasteiger partial charge is 0.307 e. The van der Waals surface area contributed by atoms with Gasteiger partial charge in [-0.1, -0.05) is 54.3 Å². The first-order chi connectivity index (χ1) is 16.5. The summed E-state index contributed by atoms with van der Waals surface area (Å²) in [6, 6.07) is 19.8. The van der Waals surface area contributed by atoms with Crippen molar-refractivity contribution in [2.24, 2.45) is 0 Å². The van der Waals surface area contributed by atoms with Crippen LogP contribution in [0.15, 0.2) is 70.9 Å². The van der Waals surface area contributed by atoms with Crippen LogP contribution >= 0.6 is 11.3 Å². The van der Waals surface area contributed by atoms with E-state index in [0.29, 0.717) is 15.9 Å². The maximum absolute atomic E-state index is 13.1. The highest BCUT2D eigenvalue weighted by molar-refractivity contribution is 7.91. The van der Waals surface area contributed by atoms with Crippen molar-refractivity contribution in [2.45, 2.75) is 30.2 Å². The van der Waals surface area contributed by atoms with Crippen molar-refractivity contribution in [3.63, 3.8) is 0 Å². The molecule has 8 heteroatoms. The van der Waals surface area contributed by atoms with Crippen LogP contribution in [0.2, 0.25) is 0 Å². The van der Waals surface area contributed by atoms with Gasteiger partial charge < -0.3 is 9.22 Å². The summed E-state index contributed by atoms with van der Waals surface area (Å²) < 4.78 is 35.0. The largest absolute Gasteiger partial charge is 0.461 e. The molecular formula is C27H31N2O4S2+. The number of ether oxygens (including phenoxy) is 1. The van der Waals surface area contributed by atoms with Crippen molar-refractivity contribution in [3.05, 3.63) is 88.3 Å². The summed E-state index contributed by atoms with van der Waals surface area (Å²) in [5.74, 6) is 5.66. The minimum absolute atomic E-state index is 0.0625. The van der Waals surface area contributed by atoms with Crippen molar-refractivity contribution in [3.8, 4) is 11.8 Å². The number of likely N-dealkylation sites (N-methyl/N-ethyl adjacent to an activating group) is 1. The second kappa shape index (κ2) is 11.6. The Hall–Kier alpha value is -2.96. The van der Waals surface area contributed by atoms with Crippen LogP contribution in [0.3, 0.4) is 0 Å². The molecule has 0 amide bonds. The molecule has 0 aliphatic rings. The first-order valence-corrected chi connectivity index (χ1v) is 13.5. The molecule has 1 atom stereocenters. The Morgan fingerprint density at radius 1 is 1.03 bits per heavy atom. The molecule has 184 valence electrons. The lowest BCUT2D eigenvalue weighted by Crippen LogP contribution is -2.49. The summed E-state index contributed by atoms with van der Waals surface area (Å²) in [4.78, 5) is 13.2. The number of sulfonamides is 1. The van der Waals surface area contributed by atoms with Gasteiger partial charge in [-0.2, -0.15) is 0 Å². The Balaban J connectivity index is 1.69. The molecule has 1 aromatic heterocycles. The average molecular weight is 512 g/mol. The number of hydrogen-bond donors (Lipinski definition) is 1. The zero-order valence-electron chi connectivity index (χ0n) is 20.4. The third-order valence-corrected chi connectivity index (χ3v) is 7.95. The Morgan fingerprint density at radius 2 is 1.77 bits per heavy atom. The molecule has 1 heterocycles. The fraction of sp³-hybridized carbons (Fsp3) is 0.296. The number of aryl methyl sites for hydroxylation is 1. The van der Waals surface area contributed by atoms with Crippen LogP contribution in [0.25, 0.3) is 0 Å². The minimum Gasteiger partial charge on any atom is -0.461 e. The van der Waals surface area contributed by atoms with Gasteiger partial charge in [-0.05, 0) is 42.3 Å². The molecule has 0 aliphatic heterocycles. The van der Waals surface area contributed by atoms with Gasteiger partial charge in [0.15, 0.2) is 0 Å². The zero-order chi connectivity index (χ0) is 25.5. The van der Waals surface area contributed by atoms with Gasteiger partial charge in [-0.25, -0.2) is 13.1 Å². The van der Waals surface area contributed by atoms with E-state index in [0.717, 1.165) is 28.0 Å². The van der Waals surface area contributed by atoms with Crippen molar-refractivity contribution in [1.29, 1.82) is 0 Å². The molecule has 0 aliphatic carbocycles. The standard InChI is InChI=1S/C27H31N2O4S2/c1-21-9-8-12-22(17-21)13-14-25-15-16-27(34-25)35(31,32)28-24(19-29(2,3)4)18-26(30)33-20-23-10-6-5-7-11-23/h5-12,15-17,24,28H,18-20H2,1-4H3/q+1/t24-/m1/s1. The fourth-order valence-electron chi connectivity index (χ4n) is 3.47. The minimum atomic E-state index is -3.83. The predicted octanol–water partition coefficient (Wildman–Crippen LogP) is 3.94. The van der Waals surface area contributed by atoms with E-state index >= 15 is 0 Å². The van der Waals surface area contributed by atoms with Crippen LogP contribution in [0.4, 0.5) is 0 Å². The van der Waals surface area contributed by atoms with Gasteiger partial charge in [0.05, 0.1) is 45.0 Å². The molecule has 0 bridgehead atoms. The second-order valence-electron chi connectivity index (χ2n) is 9.38. The monoisotopic (exact) mass is 511 g/mol. The van der Waals surface area contributed by atoms with Gasteiger partial charge >= 0.3 is 5.97 Å². The van der Waals surface area contributed by atoms with E-state index in [9.17, 15) is 13.2 Å². The molecule has 3 rings (SSSR count). The maximum Gasteiger partial charge on any atom is 0.307 e. The highest BCUT2D eigenvalue weighted by Gasteiger charge is 2.28. The van der Waals surface area contributed by atoms with Crippen LogP contribution in [-0.2, 0) is 26.2 Å². The summed E-state index contributed by atoms with van der Waals surface area (Å²) in [6.45, 7) is 2.57. The van der Waals surface area contributed by atoms with Gasteiger partial charge in [0.2, 0.25) is 0 Å². The van der Waals surface area contributed by atoms with E-state index < -0.39 is 22.0 Å². The molecule has 0 unspecified atom stereocenters. The van der Waals surface area contributed by atoms with Gasteiger partial charge in [0, 0.05) is 5.56 Å². The van der Waals surface area contributed by atoms with E-state index in [-0.39, 0.29) is 17.2 Å². The van der Waals surface area contributed by atoms with Crippen molar-refractivity contribution >= 4 is 27.3 Å². The summed E-state index contributed by atoms with van der Waals surface area (Å²) in [5, 5.41) is 0.